The van der Waals surface area contributed by atoms with Crippen LogP contribution >= 0.6 is 0 Å². The monoisotopic (exact) mass is 431 g/mol. The zero-order chi connectivity index (χ0) is 22.1. The Hall–Kier alpha value is -3.08. The lowest BCUT2D eigenvalue weighted by molar-refractivity contribution is 0.0697. The fourth-order valence-electron chi connectivity index (χ4n) is 5.73. The molecule has 2 aromatic carbocycles. The number of nitrogens with zero attached hydrogens (tertiary/aromatic N) is 1. The Kier molecular flexibility index (Phi) is 5.73. The van der Waals surface area contributed by atoms with Gasteiger partial charge in [0, 0.05) is 17.2 Å². The summed E-state index contributed by atoms with van der Waals surface area (Å²) < 4.78 is 5.51. The number of fused-ring (bicyclic) bond motifs is 2. The van der Waals surface area contributed by atoms with Crippen molar-refractivity contribution in [2.24, 2.45) is 17.8 Å². The molecule has 3 aromatic rings. The molecule has 5 heteroatoms. The zero-order valence-electron chi connectivity index (χ0n) is 18.2. The summed E-state index contributed by atoms with van der Waals surface area (Å²) in [4.78, 5) is 11.0. The third kappa shape index (κ3) is 4.43. The molecule has 2 saturated carbocycles. The van der Waals surface area contributed by atoms with Crippen molar-refractivity contribution in [3.05, 3.63) is 59.7 Å². The summed E-state index contributed by atoms with van der Waals surface area (Å²) in [5, 5.41) is 23.7. The van der Waals surface area contributed by atoms with E-state index >= 15 is 0 Å². The normalized spacial score (nSPS) is 22.6. The maximum absolute atomic E-state index is 11.0. The Morgan fingerprint density at radius 1 is 0.969 bits per heavy atom. The van der Waals surface area contributed by atoms with E-state index in [4.69, 9.17) is 9.63 Å². The van der Waals surface area contributed by atoms with Crippen LogP contribution in [0.3, 0.4) is 0 Å². The Balaban J connectivity index is 1.29. The van der Waals surface area contributed by atoms with E-state index in [0.29, 0.717) is 17.2 Å². The van der Waals surface area contributed by atoms with Crippen LogP contribution in [0.25, 0.3) is 22.6 Å². The highest BCUT2D eigenvalue weighted by Gasteiger charge is 2.31. The minimum absolute atomic E-state index is 0.235. The van der Waals surface area contributed by atoms with Gasteiger partial charge in [0.15, 0.2) is 5.76 Å². The van der Waals surface area contributed by atoms with Gasteiger partial charge in [-0.15, -0.1) is 0 Å². The van der Waals surface area contributed by atoms with Gasteiger partial charge in [-0.3, -0.25) is 0 Å². The van der Waals surface area contributed by atoms with Gasteiger partial charge >= 0.3 is 5.97 Å². The van der Waals surface area contributed by atoms with Gasteiger partial charge in [-0.2, -0.15) is 0 Å². The summed E-state index contributed by atoms with van der Waals surface area (Å²) >= 11 is 0. The second-order valence-electron chi connectivity index (χ2n) is 9.58. The second kappa shape index (κ2) is 8.81. The van der Waals surface area contributed by atoms with E-state index in [1.54, 1.807) is 30.3 Å². The molecule has 2 atom stereocenters. The second-order valence-corrected chi connectivity index (χ2v) is 9.58. The van der Waals surface area contributed by atoms with Gasteiger partial charge in [0.25, 0.3) is 0 Å². The number of carboxylic acids is 1. The molecule has 2 N–H and O–H groups in total. The van der Waals surface area contributed by atoms with E-state index in [-0.39, 0.29) is 5.56 Å². The fraction of sp³-hybridized carbons (Fsp3) is 0.407. The van der Waals surface area contributed by atoms with Gasteiger partial charge in [-0.05, 0) is 85.8 Å². The smallest absolute Gasteiger partial charge is 0.335 e. The number of hydrogen-bond acceptors (Lipinski definition) is 4. The van der Waals surface area contributed by atoms with Crippen LogP contribution in [0.15, 0.2) is 53.1 Å². The standard InChI is InChI=1S/C27H29NO4/c29-25-11-10-22(15-23(25)5-4-19-13-17-2-1-3-18(12-17)14-19)24-16-26(32-28-24)20-6-8-21(9-7-20)27(30)31/h6-11,15-19,29H,1-5,12-14H2,(H,30,31). The first kappa shape index (κ1) is 20.8. The van der Waals surface area contributed by atoms with E-state index in [1.807, 2.05) is 18.2 Å². The van der Waals surface area contributed by atoms with Gasteiger partial charge in [0.2, 0.25) is 0 Å². The van der Waals surface area contributed by atoms with Crippen LogP contribution in [0.4, 0.5) is 0 Å². The summed E-state index contributed by atoms with van der Waals surface area (Å²) in [7, 11) is 0. The van der Waals surface area contributed by atoms with E-state index in [9.17, 15) is 9.90 Å². The molecule has 5 nitrogen and oxygen atoms in total. The van der Waals surface area contributed by atoms with Crippen molar-refractivity contribution in [3.63, 3.8) is 0 Å². The molecular formula is C27H29NO4. The molecule has 0 saturated heterocycles. The molecule has 32 heavy (non-hydrogen) atoms. The molecule has 2 aliphatic carbocycles. The minimum atomic E-state index is -0.956. The molecule has 0 amide bonds. The van der Waals surface area contributed by atoms with E-state index in [2.05, 4.69) is 5.16 Å². The number of phenolic OH excluding ortho intramolecular Hbond substituents is 1. The number of aryl methyl sites for hydroxylation is 1. The average Bonchev–Trinajstić information content (AvgIpc) is 3.29. The lowest BCUT2D eigenvalue weighted by Crippen LogP contribution is -2.27. The highest BCUT2D eigenvalue weighted by atomic mass is 16.5. The van der Waals surface area contributed by atoms with Crippen LogP contribution in [-0.4, -0.2) is 21.3 Å². The zero-order valence-corrected chi connectivity index (χ0v) is 18.2. The Morgan fingerprint density at radius 2 is 1.69 bits per heavy atom. The summed E-state index contributed by atoms with van der Waals surface area (Å²) in [6, 6.07) is 14.0. The quantitative estimate of drug-likeness (QED) is 0.462. The Morgan fingerprint density at radius 3 is 2.41 bits per heavy atom. The highest BCUT2D eigenvalue weighted by molar-refractivity contribution is 5.88. The molecule has 2 fully saturated rings. The molecule has 0 spiro atoms. The van der Waals surface area contributed by atoms with Gasteiger partial charge in [-0.25, -0.2) is 4.79 Å². The number of aromatic hydroxyl groups is 1. The van der Waals surface area contributed by atoms with Gasteiger partial charge in [0.05, 0.1) is 5.56 Å². The lowest BCUT2D eigenvalue weighted by atomic mass is 9.67. The van der Waals surface area contributed by atoms with Crippen molar-refractivity contribution in [1.29, 1.82) is 0 Å². The first-order valence-corrected chi connectivity index (χ1v) is 11.7. The van der Waals surface area contributed by atoms with E-state index < -0.39 is 5.97 Å². The molecule has 2 bridgehead atoms. The molecule has 0 radical (unpaired) electrons. The molecule has 2 unspecified atom stereocenters. The van der Waals surface area contributed by atoms with Crippen molar-refractivity contribution >= 4 is 5.97 Å². The maximum Gasteiger partial charge on any atom is 0.335 e. The van der Waals surface area contributed by atoms with Crippen LogP contribution in [0.1, 0.15) is 60.9 Å². The largest absolute Gasteiger partial charge is 0.508 e. The van der Waals surface area contributed by atoms with Crippen LogP contribution in [0, 0.1) is 17.8 Å². The molecule has 0 aliphatic heterocycles. The summed E-state index contributed by atoms with van der Waals surface area (Å²) in [5.41, 5.74) is 3.59. The summed E-state index contributed by atoms with van der Waals surface area (Å²) in [6.07, 6.45) is 10.4. The molecule has 5 rings (SSSR count). The number of rotatable bonds is 6. The third-order valence-corrected chi connectivity index (χ3v) is 7.35. The molecule has 2 aliphatic rings. The predicted molar refractivity (Wildman–Crippen MR) is 122 cm³/mol. The molecule has 166 valence electrons. The minimum Gasteiger partial charge on any atom is -0.508 e. The third-order valence-electron chi connectivity index (χ3n) is 7.35. The highest BCUT2D eigenvalue weighted by Crippen LogP contribution is 2.44. The number of carbonyl (C=O) groups is 1. The van der Waals surface area contributed by atoms with E-state index in [1.165, 1.54) is 38.5 Å². The molecule has 1 heterocycles. The topological polar surface area (TPSA) is 83.6 Å². The predicted octanol–water partition coefficient (Wildman–Crippen LogP) is 6.56. The van der Waals surface area contributed by atoms with Crippen molar-refractivity contribution in [2.45, 2.75) is 51.4 Å². The van der Waals surface area contributed by atoms with Crippen molar-refractivity contribution in [1.82, 2.24) is 5.16 Å². The number of benzene rings is 2. The van der Waals surface area contributed by atoms with Crippen LogP contribution in [0.2, 0.25) is 0 Å². The van der Waals surface area contributed by atoms with Crippen LogP contribution < -0.4 is 0 Å². The van der Waals surface area contributed by atoms with Crippen molar-refractivity contribution in [3.8, 4) is 28.3 Å². The van der Waals surface area contributed by atoms with Crippen molar-refractivity contribution in [2.75, 3.05) is 0 Å². The SMILES string of the molecule is O=C(O)c1ccc(-c2cc(-c3ccc(O)c(CCC4CC5CCCC(C5)C4)c3)no2)cc1. The van der Waals surface area contributed by atoms with Crippen LogP contribution in [-0.2, 0) is 6.42 Å². The number of carboxylic acid groups (broad SMARTS) is 1. The van der Waals surface area contributed by atoms with E-state index in [0.717, 1.165) is 47.3 Å². The fourth-order valence-corrected chi connectivity index (χ4v) is 5.73. The number of aromatic nitrogens is 1. The maximum atomic E-state index is 11.0. The first-order chi connectivity index (χ1) is 15.5. The van der Waals surface area contributed by atoms with Crippen LogP contribution in [0.5, 0.6) is 5.75 Å². The molecule has 1 aromatic heterocycles. The summed E-state index contributed by atoms with van der Waals surface area (Å²) in [5.74, 6) is 2.59. The van der Waals surface area contributed by atoms with Gasteiger partial charge in [-0.1, -0.05) is 36.6 Å². The number of aromatic carboxylic acids is 1. The number of phenols is 1. The average molecular weight is 432 g/mol. The lowest BCUT2D eigenvalue weighted by Gasteiger charge is -2.39. The van der Waals surface area contributed by atoms with Gasteiger partial charge < -0.3 is 14.7 Å². The number of hydrogen-bond donors (Lipinski definition) is 2. The van der Waals surface area contributed by atoms with Gasteiger partial charge in [0.1, 0.15) is 11.4 Å². The Bertz CT molecular complexity index is 1090. The Labute approximate surface area is 188 Å². The molecular weight excluding hydrogens is 402 g/mol. The summed E-state index contributed by atoms with van der Waals surface area (Å²) in [6.45, 7) is 0. The van der Waals surface area contributed by atoms with Crippen molar-refractivity contribution < 1.29 is 19.5 Å². The first-order valence-electron chi connectivity index (χ1n) is 11.7.